The van der Waals surface area contributed by atoms with Gasteiger partial charge in [0.2, 0.25) is 0 Å². The van der Waals surface area contributed by atoms with E-state index in [1.165, 1.54) is 18.3 Å². The Kier molecular flexibility index (Phi) is 9.28. The molecule has 1 saturated heterocycles. The van der Waals surface area contributed by atoms with Crippen molar-refractivity contribution in [3.8, 4) is 0 Å². The molecule has 44 heavy (non-hydrogen) atoms. The molecule has 11 nitrogen and oxygen atoms in total. The third-order valence-corrected chi connectivity index (χ3v) is 7.59. The van der Waals surface area contributed by atoms with Crippen LogP contribution in [0.3, 0.4) is 0 Å². The van der Waals surface area contributed by atoms with Crippen molar-refractivity contribution in [3.63, 3.8) is 0 Å². The van der Waals surface area contributed by atoms with Crippen molar-refractivity contribution in [2.24, 2.45) is 5.73 Å². The number of benzene rings is 2. The summed E-state index contributed by atoms with van der Waals surface area (Å²) in [4.78, 5) is 47.8. The van der Waals surface area contributed by atoms with Crippen molar-refractivity contribution >= 4 is 35.0 Å². The molecule has 1 aliphatic carbocycles. The van der Waals surface area contributed by atoms with Crippen LogP contribution in [0.4, 0.5) is 30.5 Å². The first-order valence-corrected chi connectivity index (χ1v) is 14.2. The van der Waals surface area contributed by atoms with Crippen LogP contribution in [0.5, 0.6) is 0 Å². The summed E-state index contributed by atoms with van der Waals surface area (Å²) in [5, 5.41) is 9.27. The number of rotatable bonds is 8. The highest BCUT2D eigenvalue weighted by molar-refractivity contribution is 5.97. The molecule has 5 N–H and O–H groups in total. The van der Waals surface area contributed by atoms with Crippen molar-refractivity contribution in [2.45, 2.75) is 43.9 Å². The van der Waals surface area contributed by atoms with E-state index in [1.807, 2.05) is 0 Å². The Morgan fingerprint density at radius 2 is 1.50 bits per heavy atom. The lowest BCUT2D eigenvalue weighted by atomic mass is 9.91. The van der Waals surface area contributed by atoms with Gasteiger partial charge in [0.15, 0.2) is 11.5 Å². The lowest BCUT2D eigenvalue weighted by Crippen LogP contribution is -2.40. The zero-order chi connectivity index (χ0) is 31.3. The summed E-state index contributed by atoms with van der Waals surface area (Å²) < 4.78 is 43.7. The van der Waals surface area contributed by atoms with Crippen LogP contribution >= 0.6 is 0 Å². The third kappa shape index (κ3) is 7.61. The summed E-state index contributed by atoms with van der Waals surface area (Å²) in [6.45, 7) is 2.09. The molecule has 3 aromatic rings. The largest absolute Gasteiger partial charge is 0.416 e. The highest BCUT2D eigenvalue weighted by atomic mass is 19.4. The molecular formula is C30H32F3N7O4. The fraction of sp³-hybridized carbons (Fsp3) is 0.367. The van der Waals surface area contributed by atoms with Gasteiger partial charge in [-0.25, -0.2) is 9.97 Å². The zero-order valence-electron chi connectivity index (χ0n) is 23.7. The van der Waals surface area contributed by atoms with Crippen LogP contribution in [0, 0.1) is 0 Å². The van der Waals surface area contributed by atoms with Gasteiger partial charge in [0, 0.05) is 42.0 Å². The molecule has 232 valence electrons. The Bertz CT molecular complexity index is 1490. The number of nitrogens with two attached hydrogens (primary N) is 1. The number of nitrogens with one attached hydrogen (secondary N) is 3. The topological polar surface area (TPSA) is 152 Å². The maximum absolute atomic E-state index is 12.8. The van der Waals surface area contributed by atoms with Gasteiger partial charge in [-0.2, -0.15) is 13.2 Å². The van der Waals surface area contributed by atoms with Crippen LogP contribution in [0.1, 0.15) is 62.5 Å². The molecule has 2 fully saturated rings. The molecule has 3 amide bonds. The second kappa shape index (κ2) is 13.3. The zero-order valence-corrected chi connectivity index (χ0v) is 23.7. The van der Waals surface area contributed by atoms with Gasteiger partial charge in [0.25, 0.3) is 17.7 Å². The highest BCUT2D eigenvalue weighted by Gasteiger charge is 2.30. The summed E-state index contributed by atoms with van der Waals surface area (Å²) in [5.41, 5.74) is 5.96. The molecule has 1 aliphatic heterocycles. The molecule has 0 unspecified atom stereocenters. The number of amides is 3. The Morgan fingerprint density at radius 3 is 2.11 bits per heavy atom. The molecule has 5 rings (SSSR count). The number of carbonyl (C=O) groups is 3. The molecule has 2 aliphatic rings. The predicted molar refractivity (Wildman–Crippen MR) is 156 cm³/mol. The van der Waals surface area contributed by atoms with Gasteiger partial charge in [-0.05, 0) is 74.2 Å². The minimum absolute atomic E-state index is 0.0151. The summed E-state index contributed by atoms with van der Waals surface area (Å²) >= 11 is 0. The number of hydrogen-bond donors (Lipinski definition) is 4. The second-order valence-electron chi connectivity index (χ2n) is 10.7. The minimum atomic E-state index is -4.46. The lowest BCUT2D eigenvalue weighted by Gasteiger charge is -2.30. The molecule has 0 bridgehead atoms. The molecule has 2 heterocycles. The van der Waals surface area contributed by atoms with E-state index in [2.05, 4.69) is 25.9 Å². The Balaban J connectivity index is 1.16. The first-order chi connectivity index (χ1) is 21.1. The first-order valence-electron chi connectivity index (χ1n) is 14.2. The third-order valence-electron chi connectivity index (χ3n) is 7.59. The van der Waals surface area contributed by atoms with Crippen molar-refractivity contribution in [2.75, 3.05) is 36.9 Å². The number of hydrogen-bond acceptors (Lipinski definition) is 8. The van der Waals surface area contributed by atoms with Gasteiger partial charge >= 0.3 is 6.18 Å². The number of morpholine rings is 1. The number of carbonyl (C=O) groups excluding carboxylic acids is 3. The van der Waals surface area contributed by atoms with E-state index in [0.29, 0.717) is 69.1 Å². The first kappa shape index (κ1) is 30.7. The smallest absolute Gasteiger partial charge is 0.378 e. The number of nitrogens with zero attached hydrogens (tertiary/aromatic N) is 3. The lowest BCUT2D eigenvalue weighted by molar-refractivity contribution is -0.137. The maximum Gasteiger partial charge on any atom is 0.416 e. The number of ether oxygens (including phenoxy) is 1. The molecule has 1 saturated carbocycles. The fourth-order valence-electron chi connectivity index (χ4n) is 5.18. The standard InChI is InChI=1S/C30H32F3N7O4/c31-30(32,33)20-5-1-18(2-6-20)28(42)38-23-11-9-21(10-12-23)36-24-17-35-25(26(34)41)27(39-24)37-22-7-3-19(4-8-22)29(43)40-13-15-44-16-14-40/h1-8,17,21,23H,9-16H2,(H2,34,41)(H,38,42)(H2,36,37,39). The summed E-state index contributed by atoms with van der Waals surface area (Å²) in [6.07, 6.45) is -0.349. The van der Waals surface area contributed by atoms with E-state index >= 15 is 0 Å². The molecule has 0 spiro atoms. The molecular weight excluding hydrogens is 579 g/mol. The van der Waals surface area contributed by atoms with Crippen molar-refractivity contribution < 1.29 is 32.3 Å². The Labute approximate surface area is 251 Å². The van der Waals surface area contributed by atoms with Gasteiger partial charge in [-0.15, -0.1) is 0 Å². The van der Waals surface area contributed by atoms with Crippen LogP contribution in [-0.2, 0) is 10.9 Å². The number of alkyl halides is 3. The van der Waals surface area contributed by atoms with Gasteiger partial charge < -0.3 is 31.3 Å². The minimum Gasteiger partial charge on any atom is -0.378 e. The van der Waals surface area contributed by atoms with Crippen molar-refractivity contribution in [1.29, 1.82) is 0 Å². The average molecular weight is 612 g/mol. The van der Waals surface area contributed by atoms with Crippen LogP contribution < -0.4 is 21.7 Å². The van der Waals surface area contributed by atoms with Crippen LogP contribution in [0.15, 0.2) is 54.7 Å². The quantitative estimate of drug-likeness (QED) is 0.299. The summed E-state index contributed by atoms with van der Waals surface area (Å²) in [7, 11) is 0. The van der Waals surface area contributed by atoms with Gasteiger partial charge in [0.1, 0.15) is 5.82 Å². The van der Waals surface area contributed by atoms with Gasteiger partial charge in [-0.1, -0.05) is 0 Å². The van der Waals surface area contributed by atoms with Crippen LogP contribution in [0.25, 0.3) is 0 Å². The monoisotopic (exact) mass is 611 g/mol. The van der Waals surface area contributed by atoms with Crippen molar-refractivity contribution in [1.82, 2.24) is 20.2 Å². The normalized spacial score (nSPS) is 18.8. The number of aromatic nitrogens is 2. The highest BCUT2D eigenvalue weighted by Crippen LogP contribution is 2.29. The summed E-state index contributed by atoms with van der Waals surface area (Å²) in [6, 6.07) is 10.8. The Hall–Kier alpha value is -4.72. The van der Waals surface area contributed by atoms with Crippen LogP contribution in [0.2, 0.25) is 0 Å². The van der Waals surface area contributed by atoms with Crippen LogP contribution in [-0.4, -0.2) is 71.0 Å². The molecule has 0 atom stereocenters. The molecule has 0 radical (unpaired) electrons. The van der Waals surface area contributed by atoms with E-state index in [0.717, 1.165) is 12.1 Å². The molecule has 2 aromatic carbocycles. The van der Waals surface area contributed by atoms with E-state index in [1.54, 1.807) is 29.2 Å². The van der Waals surface area contributed by atoms with E-state index < -0.39 is 23.6 Å². The Morgan fingerprint density at radius 1 is 0.886 bits per heavy atom. The molecule has 14 heteroatoms. The van der Waals surface area contributed by atoms with Gasteiger partial charge in [-0.3, -0.25) is 14.4 Å². The summed E-state index contributed by atoms with van der Waals surface area (Å²) in [5.74, 6) is -0.675. The number of primary amides is 1. The predicted octanol–water partition coefficient (Wildman–Crippen LogP) is 3.96. The van der Waals surface area contributed by atoms with E-state index in [-0.39, 0.29) is 35.1 Å². The number of halogens is 3. The second-order valence-corrected chi connectivity index (χ2v) is 10.7. The SMILES string of the molecule is NC(=O)c1ncc(NC2CCC(NC(=O)c3ccc(C(F)(F)F)cc3)CC2)nc1Nc1ccc(C(=O)N2CCOCC2)cc1. The van der Waals surface area contributed by atoms with Crippen molar-refractivity contribution in [3.05, 3.63) is 77.1 Å². The average Bonchev–Trinajstić information content (AvgIpc) is 3.02. The van der Waals surface area contributed by atoms with Gasteiger partial charge in [0.05, 0.1) is 25.0 Å². The maximum atomic E-state index is 12.8. The van der Waals surface area contributed by atoms with E-state index in [4.69, 9.17) is 10.5 Å². The van der Waals surface area contributed by atoms with E-state index in [9.17, 15) is 27.6 Å². The fourth-order valence-corrected chi connectivity index (χ4v) is 5.18. The number of anilines is 3. The molecule has 1 aromatic heterocycles.